The van der Waals surface area contributed by atoms with Crippen molar-refractivity contribution >= 4 is 17.8 Å². The van der Waals surface area contributed by atoms with Gasteiger partial charge in [-0.15, -0.1) is 0 Å². The molecule has 1 aliphatic rings. The van der Waals surface area contributed by atoms with Gasteiger partial charge in [0.25, 0.3) is 5.91 Å². The normalized spacial score (nSPS) is 15.3. The van der Waals surface area contributed by atoms with Crippen molar-refractivity contribution in [2.75, 3.05) is 39.3 Å². The number of ether oxygens (including phenoxy) is 1. The van der Waals surface area contributed by atoms with E-state index in [1.165, 1.54) is 0 Å². The maximum absolute atomic E-state index is 12.9. The lowest BCUT2D eigenvalue weighted by molar-refractivity contribution is -0.145. The minimum absolute atomic E-state index is 0.107. The number of carbonyl (C=O) groups excluding carboxylic acids is 3. The number of nitriles is 1. The van der Waals surface area contributed by atoms with Crippen LogP contribution < -0.4 is 5.32 Å². The Morgan fingerprint density at radius 1 is 1.14 bits per heavy atom. The molecule has 1 fully saturated rings. The first kappa shape index (κ1) is 22.4. The molecule has 29 heavy (non-hydrogen) atoms. The predicted octanol–water partition coefficient (Wildman–Crippen LogP) is 1.16. The van der Waals surface area contributed by atoms with Gasteiger partial charge in [-0.2, -0.15) is 5.26 Å². The Morgan fingerprint density at radius 2 is 1.79 bits per heavy atom. The van der Waals surface area contributed by atoms with Crippen molar-refractivity contribution < 1.29 is 19.1 Å². The SMILES string of the molecule is CCC[C@H](NC(=O)c1ccc(C#N)cc1)C(=O)N1CCN(CC(=O)OCC)CC1. The molecular weight excluding hydrogens is 372 g/mol. The molecule has 1 saturated heterocycles. The van der Waals surface area contributed by atoms with Crippen molar-refractivity contribution in [2.24, 2.45) is 0 Å². The number of benzene rings is 1. The molecule has 8 nitrogen and oxygen atoms in total. The van der Waals surface area contributed by atoms with Crippen LogP contribution in [0.3, 0.4) is 0 Å². The zero-order valence-electron chi connectivity index (χ0n) is 17.0. The molecule has 1 aromatic rings. The summed E-state index contributed by atoms with van der Waals surface area (Å²) in [7, 11) is 0. The van der Waals surface area contributed by atoms with Crippen LogP contribution in [0.15, 0.2) is 24.3 Å². The van der Waals surface area contributed by atoms with Crippen molar-refractivity contribution in [3.8, 4) is 6.07 Å². The number of rotatable bonds is 8. The van der Waals surface area contributed by atoms with E-state index in [0.29, 0.717) is 50.3 Å². The molecule has 1 aliphatic heterocycles. The molecule has 0 spiro atoms. The van der Waals surface area contributed by atoms with Crippen LogP contribution in [0.25, 0.3) is 0 Å². The average molecular weight is 400 g/mol. The number of carbonyl (C=O) groups is 3. The van der Waals surface area contributed by atoms with Gasteiger partial charge in [-0.25, -0.2) is 0 Å². The molecule has 156 valence electrons. The lowest BCUT2D eigenvalue weighted by Crippen LogP contribution is -2.55. The van der Waals surface area contributed by atoms with Crippen LogP contribution in [0.1, 0.15) is 42.6 Å². The van der Waals surface area contributed by atoms with Crippen molar-refractivity contribution in [3.63, 3.8) is 0 Å². The summed E-state index contributed by atoms with van der Waals surface area (Å²) in [5, 5.41) is 11.7. The first-order valence-corrected chi connectivity index (χ1v) is 9.96. The maximum Gasteiger partial charge on any atom is 0.320 e. The Balaban J connectivity index is 1.92. The van der Waals surface area contributed by atoms with E-state index in [1.54, 1.807) is 36.1 Å². The smallest absolute Gasteiger partial charge is 0.320 e. The molecule has 0 bridgehead atoms. The second kappa shape index (κ2) is 11.2. The summed E-state index contributed by atoms with van der Waals surface area (Å²) in [6.45, 7) is 6.51. The maximum atomic E-state index is 12.9. The van der Waals surface area contributed by atoms with E-state index >= 15 is 0 Å². The van der Waals surface area contributed by atoms with Gasteiger partial charge in [0.05, 0.1) is 24.8 Å². The topological polar surface area (TPSA) is 103 Å². The van der Waals surface area contributed by atoms with Gasteiger partial charge in [-0.3, -0.25) is 19.3 Å². The van der Waals surface area contributed by atoms with Crippen LogP contribution in [0.4, 0.5) is 0 Å². The third-order valence-corrected chi connectivity index (χ3v) is 4.80. The Morgan fingerprint density at radius 3 is 2.34 bits per heavy atom. The van der Waals surface area contributed by atoms with Crippen LogP contribution in [-0.2, 0) is 14.3 Å². The fourth-order valence-electron chi connectivity index (χ4n) is 3.22. The monoisotopic (exact) mass is 400 g/mol. The van der Waals surface area contributed by atoms with Crippen LogP contribution in [0, 0.1) is 11.3 Å². The molecule has 1 heterocycles. The second-order valence-corrected chi connectivity index (χ2v) is 6.91. The van der Waals surface area contributed by atoms with Gasteiger partial charge in [0.15, 0.2) is 0 Å². The second-order valence-electron chi connectivity index (χ2n) is 6.91. The van der Waals surface area contributed by atoms with E-state index in [4.69, 9.17) is 10.00 Å². The molecule has 8 heteroatoms. The highest BCUT2D eigenvalue weighted by Crippen LogP contribution is 2.10. The largest absolute Gasteiger partial charge is 0.465 e. The van der Waals surface area contributed by atoms with Gasteiger partial charge in [0, 0.05) is 31.7 Å². The molecule has 2 amide bonds. The number of nitrogens with one attached hydrogen (secondary N) is 1. The highest BCUT2D eigenvalue weighted by Gasteiger charge is 2.29. The summed E-state index contributed by atoms with van der Waals surface area (Å²) in [5.41, 5.74) is 0.889. The standard InChI is InChI=1S/C21H28N4O4/c1-3-5-18(23-20(27)17-8-6-16(14-22)7-9-17)21(28)25-12-10-24(11-13-25)15-19(26)29-4-2/h6-9,18H,3-5,10-13,15H2,1-2H3,(H,23,27)/t18-/m0/s1. The molecule has 0 radical (unpaired) electrons. The van der Waals surface area contributed by atoms with E-state index in [9.17, 15) is 14.4 Å². The molecular formula is C21H28N4O4. The Bertz CT molecular complexity index is 749. The molecule has 0 aliphatic carbocycles. The summed E-state index contributed by atoms with van der Waals surface area (Å²) in [5.74, 6) is -0.697. The van der Waals surface area contributed by atoms with Crippen LogP contribution in [0.2, 0.25) is 0 Å². The number of piperazine rings is 1. The van der Waals surface area contributed by atoms with Gasteiger partial charge >= 0.3 is 5.97 Å². The summed E-state index contributed by atoms with van der Waals surface area (Å²) in [6.07, 6.45) is 1.30. The van der Waals surface area contributed by atoms with E-state index in [1.807, 2.05) is 17.9 Å². The molecule has 1 atom stereocenters. The van der Waals surface area contributed by atoms with E-state index < -0.39 is 6.04 Å². The van der Waals surface area contributed by atoms with E-state index in [0.717, 1.165) is 6.42 Å². The number of amides is 2. The van der Waals surface area contributed by atoms with Crippen molar-refractivity contribution in [1.82, 2.24) is 15.1 Å². The summed E-state index contributed by atoms with van der Waals surface area (Å²) in [6, 6.07) is 7.73. The van der Waals surface area contributed by atoms with Crippen molar-refractivity contribution in [1.29, 1.82) is 5.26 Å². The van der Waals surface area contributed by atoms with Gasteiger partial charge < -0.3 is 15.0 Å². The fraction of sp³-hybridized carbons (Fsp3) is 0.524. The van der Waals surface area contributed by atoms with Crippen molar-refractivity contribution in [2.45, 2.75) is 32.7 Å². The van der Waals surface area contributed by atoms with Crippen molar-refractivity contribution in [3.05, 3.63) is 35.4 Å². The van der Waals surface area contributed by atoms with Gasteiger partial charge in [0.2, 0.25) is 5.91 Å². The van der Waals surface area contributed by atoms with Crippen LogP contribution in [-0.4, -0.2) is 73.0 Å². The minimum Gasteiger partial charge on any atom is -0.465 e. The Labute approximate surface area is 171 Å². The Hall–Kier alpha value is -2.92. The third-order valence-electron chi connectivity index (χ3n) is 4.80. The minimum atomic E-state index is -0.597. The quantitative estimate of drug-likeness (QED) is 0.657. The number of hydrogen-bond acceptors (Lipinski definition) is 6. The zero-order chi connectivity index (χ0) is 21.2. The summed E-state index contributed by atoms with van der Waals surface area (Å²) in [4.78, 5) is 40.8. The molecule has 0 aromatic heterocycles. The lowest BCUT2D eigenvalue weighted by atomic mass is 10.1. The first-order chi connectivity index (χ1) is 14.0. The van der Waals surface area contributed by atoms with Gasteiger partial charge in [-0.05, 0) is 37.6 Å². The average Bonchev–Trinajstić information content (AvgIpc) is 2.73. The molecule has 1 N–H and O–H groups in total. The molecule has 2 rings (SSSR count). The highest BCUT2D eigenvalue weighted by atomic mass is 16.5. The number of esters is 1. The zero-order valence-corrected chi connectivity index (χ0v) is 17.0. The van der Waals surface area contributed by atoms with Gasteiger partial charge in [-0.1, -0.05) is 13.3 Å². The number of nitrogens with zero attached hydrogens (tertiary/aromatic N) is 3. The van der Waals surface area contributed by atoms with E-state index in [2.05, 4.69) is 5.32 Å². The summed E-state index contributed by atoms with van der Waals surface area (Å²) < 4.78 is 4.96. The lowest BCUT2D eigenvalue weighted by Gasteiger charge is -2.36. The predicted molar refractivity (Wildman–Crippen MR) is 107 cm³/mol. The Kier molecular flexibility index (Phi) is 8.62. The third kappa shape index (κ3) is 6.57. The summed E-state index contributed by atoms with van der Waals surface area (Å²) >= 11 is 0. The number of hydrogen-bond donors (Lipinski definition) is 1. The molecule has 1 aromatic carbocycles. The fourth-order valence-corrected chi connectivity index (χ4v) is 3.22. The first-order valence-electron chi connectivity index (χ1n) is 9.96. The molecule has 0 unspecified atom stereocenters. The van der Waals surface area contributed by atoms with E-state index in [-0.39, 0.29) is 24.3 Å². The van der Waals surface area contributed by atoms with Crippen LogP contribution >= 0.6 is 0 Å². The van der Waals surface area contributed by atoms with Crippen LogP contribution in [0.5, 0.6) is 0 Å². The molecule has 0 saturated carbocycles. The van der Waals surface area contributed by atoms with Gasteiger partial charge in [0.1, 0.15) is 6.04 Å². The highest BCUT2D eigenvalue weighted by molar-refractivity contribution is 5.97.